The number of aryl methyl sites for hydroxylation is 1. The van der Waals surface area contributed by atoms with E-state index >= 15 is 0 Å². The van der Waals surface area contributed by atoms with Gasteiger partial charge in [0, 0.05) is 6.54 Å². The summed E-state index contributed by atoms with van der Waals surface area (Å²) in [6.07, 6.45) is 3.67. The van der Waals surface area contributed by atoms with Gasteiger partial charge in [0.25, 0.3) is 0 Å². The van der Waals surface area contributed by atoms with Crippen LogP contribution in [0, 0.1) is 0 Å². The molecule has 0 saturated heterocycles. The zero-order chi connectivity index (χ0) is 11.3. The summed E-state index contributed by atoms with van der Waals surface area (Å²) in [6, 6.07) is 0. The molecule has 1 heterocycles. The monoisotopic (exact) mass is 211 g/mol. The molecule has 0 amide bonds. The number of hydrogen-bond acceptors (Lipinski definition) is 4. The van der Waals surface area contributed by atoms with Crippen LogP contribution in [0.5, 0.6) is 0 Å². The first kappa shape index (κ1) is 11.6. The molecule has 0 spiro atoms. The number of anilines is 1. The number of nitrogens with zero attached hydrogens (tertiary/aromatic N) is 2. The van der Waals surface area contributed by atoms with Crippen LogP contribution in [0.4, 0.5) is 5.82 Å². The lowest BCUT2D eigenvalue weighted by Crippen LogP contribution is -2.10. The highest BCUT2D eigenvalue weighted by Gasteiger charge is 2.16. The number of carbonyl (C=O) groups is 1. The first-order valence-electron chi connectivity index (χ1n) is 5.18. The Morgan fingerprint density at radius 3 is 2.93 bits per heavy atom. The summed E-state index contributed by atoms with van der Waals surface area (Å²) in [4.78, 5) is 15.3. The van der Waals surface area contributed by atoms with Gasteiger partial charge in [0.2, 0.25) is 0 Å². The highest BCUT2D eigenvalue weighted by atomic mass is 16.5. The average Bonchev–Trinajstić information content (AvgIpc) is 2.57. The third kappa shape index (κ3) is 2.71. The van der Waals surface area contributed by atoms with Crippen LogP contribution in [0.1, 0.15) is 37.2 Å². The Kier molecular flexibility index (Phi) is 4.15. The predicted molar refractivity (Wildman–Crippen MR) is 57.5 cm³/mol. The third-order valence-electron chi connectivity index (χ3n) is 2.10. The molecule has 5 nitrogen and oxygen atoms in total. The first-order chi connectivity index (χ1) is 7.20. The van der Waals surface area contributed by atoms with Gasteiger partial charge in [0.05, 0.1) is 12.9 Å². The van der Waals surface area contributed by atoms with Crippen LogP contribution < -0.4 is 5.73 Å². The van der Waals surface area contributed by atoms with Gasteiger partial charge in [-0.25, -0.2) is 9.78 Å². The van der Waals surface area contributed by atoms with Crippen LogP contribution in [0.25, 0.3) is 0 Å². The fourth-order valence-corrected chi connectivity index (χ4v) is 1.26. The highest BCUT2D eigenvalue weighted by molar-refractivity contribution is 5.92. The van der Waals surface area contributed by atoms with Crippen LogP contribution in [0.15, 0.2) is 6.33 Å². The van der Waals surface area contributed by atoms with Crippen molar-refractivity contribution in [1.82, 2.24) is 9.55 Å². The summed E-state index contributed by atoms with van der Waals surface area (Å²) in [6.45, 7) is 4.97. The van der Waals surface area contributed by atoms with E-state index in [0.717, 1.165) is 19.4 Å². The van der Waals surface area contributed by atoms with Crippen molar-refractivity contribution in [3.63, 3.8) is 0 Å². The lowest BCUT2D eigenvalue weighted by Gasteiger charge is -2.04. The molecule has 0 bridgehead atoms. The number of ether oxygens (including phenoxy) is 1. The average molecular weight is 211 g/mol. The van der Waals surface area contributed by atoms with Gasteiger partial charge >= 0.3 is 5.97 Å². The molecule has 2 N–H and O–H groups in total. The minimum Gasteiger partial charge on any atom is -0.461 e. The largest absolute Gasteiger partial charge is 0.461 e. The van der Waals surface area contributed by atoms with E-state index in [1.54, 1.807) is 17.8 Å². The van der Waals surface area contributed by atoms with Crippen LogP contribution in [0.2, 0.25) is 0 Å². The Hall–Kier alpha value is -1.52. The zero-order valence-electron chi connectivity index (χ0n) is 9.19. The normalized spacial score (nSPS) is 10.3. The van der Waals surface area contributed by atoms with Crippen molar-refractivity contribution in [2.75, 3.05) is 12.3 Å². The summed E-state index contributed by atoms with van der Waals surface area (Å²) in [7, 11) is 0. The van der Waals surface area contributed by atoms with Crippen LogP contribution in [-0.2, 0) is 11.3 Å². The van der Waals surface area contributed by atoms with Gasteiger partial charge in [0.1, 0.15) is 5.82 Å². The highest BCUT2D eigenvalue weighted by Crippen LogP contribution is 2.12. The van der Waals surface area contributed by atoms with Crippen molar-refractivity contribution in [1.29, 1.82) is 0 Å². The molecule has 1 rings (SSSR count). The number of unbranched alkanes of at least 4 members (excludes halogenated alkanes) is 1. The SMILES string of the molecule is CCCCn1cnc(C(=O)OCC)c1N. The Labute approximate surface area is 89.2 Å². The molecule has 15 heavy (non-hydrogen) atoms. The van der Waals surface area contributed by atoms with E-state index in [9.17, 15) is 4.79 Å². The first-order valence-corrected chi connectivity index (χ1v) is 5.18. The maximum absolute atomic E-state index is 11.4. The number of nitrogens with two attached hydrogens (primary N) is 1. The molecule has 0 aliphatic heterocycles. The van der Waals surface area contributed by atoms with Crippen molar-refractivity contribution >= 4 is 11.8 Å². The molecule has 0 fully saturated rings. The van der Waals surface area contributed by atoms with Crippen LogP contribution in [0.3, 0.4) is 0 Å². The molecule has 1 aromatic heterocycles. The molecular weight excluding hydrogens is 194 g/mol. The molecule has 0 atom stereocenters. The number of aromatic nitrogens is 2. The summed E-state index contributed by atoms with van der Waals surface area (Å²) in [5.74, 6) is -0.0628. The molecular formula is C10H17N3O2. The number of nitrogen functional groups attached to an aromatic ring is 1. The van der Waals surface area contributed by atoms with Crippen LogP contribution >= 0.6 is 0 Å². The van der Waals surface area contributed by atoms with E-state index in [0.29, 0.717) is 12.4 Å². The molecule has 0 aromatic carbocycles. The smallest absolute Gasteiger partial charge is 0.360 e. The van der Waals surface area contributed by atoms with Gasteiger partial charge in [0.15, 0.2) is 5.69 Å². The fourth-order valence-electron chi connectivity index (χ4n) is 1.26. The van der Waals surface area contributed by atoms with Crippen molar-refractivity contribution < 1.29 is 9.53 Å². The minimum atomic E-state index is -0.453. The maximum Gasteiger partial charge on any atom is 0.360 e. The second kappa shape index (κ2) is 5.38. The summed E-state index contributed by atoms with van der Waals surface area (Å²) in [5, 5.41) is 0. The molecule has 84 valence electrons. The number of esters is 1. The molecule has 0 aliphatic carbocycles. The summed E-state index contributed by atoms with van der Waals surface area (Å²) < 4.78 is 6.61. The Morgan fingerprint density at radius 1 is 1.60 bits per heavy atom. The standard InChI is InChI=1S/C10H17N3O2/c1-3-5-6-13-7-12-8(9(13)11)10(14)15-4-2/h7H,3-6,11H2,1-2H3. The van der Waals surface area contributed by atoms with E-state index in [4.69, 9.17) is 10.5 Å². The summed E-state index contributed by atoms with van der Waals surface area (Å²) >= 11 is 0. The predicted octanol–water partition coefficient (Wildman–Crippen LogP) is 1.44. The van der Waals surface area contributed by atoms with E-state index < -0.39 is 5.97 Å². The van der Waals surface area contributed by atoms with Crippen LogP contribution in [-0.4, -0.2) is 22.1 Å². The van der Waals surface area contributed by atoms with E-state index in [2.05, 4.69) is 11.9 Å². The van der Waals surface area contributed by atoms with E-state index in [1.165, 1.54) is 0 Å². The van der Waals surface area contributed by atoms with E-state index in [1.807, 2.05) is 0 Å². The second-order valence-electron chi connectivity index (χ2n) is 3.25. The van der Waals surface area contributed by atoms with Crippen molar-refractivity contribution in [3.8, 4) is 0 Å². The van der Waals surface area contributed by atoms with Crippen molar-refractivity contribution in [2.24, 2.45) is 0 Å². The van der Waals surface area contributed by atoms with Gasteiger partial charge < -0.3 is 15.0 Å². The Balaban J connectivity index is 2.74. The van der Waals surface area contributed by atoms with Crippen molar-refractivity contribution in [2.45, 2.75) is 33.2 Å². The lowest BCUT2D eigenvalue weighted by molar-refractivity contribution is 0.0521. The fraction of sp³-hybridized carbons (Fsp3) is 0.600. The quantitative estimate of drug-likeness (QED) is 0.748. The van der Waals surface area contributed by atoms with E-state index in [-0.39, 0.29) is 5.69 Å². The minimum absolute atomic E-state index is 0.216. The van der Waals surface area contributed by atoms with Gasteiger partial charge in [-0.2, -0.15) is 0 Å². The Bertz CT molecular complexity index is 333. The number of hydrogen-bond donors (Lipinski definition) is 1. The molecule has 5 heteroatoms. The number of carbonyl (C=O) groups excluding carboxylic acids is 1. The molecule has 0 aliphatic rings. The number of rotatable bonds is 5. The second-order valence-corrected chi connectivity index (χ2v) is 3.25. The Morgan fingerprint density at radius 2 is 2.33 bits per heavy atom. The van der Waals surface area contributed by atoms with Gasteiger partial charge in [-0.05, 0) is 13.3 Å². The molecule has 0 saturated carbocycles. The summed E-state index contributed by atoms with van der Waals surface area (Å²) in [5.41, 5.74) is 5.99. The zero-order valence-corrected chi connectivity index (χ0v) is 9.19. The number of imidazole rings is 1. The third-order valence-corrected chi connectivity index (χ3v) is 2.10. The lowest BCUT2D eigenvalue weighted by atomic mass is 10.3. The van der Waals surface area contributed by atoms with Gasteiger partial charge in [-0.1, -0.05) is 13.3 Å². The maximum atomic E-state index is 11.4. The molecule has 0 radical (unpaired) electrons. The molecule has 0 unspecified atom stereocenters. The van der Waals surface area contributed by atoms with Crippen molar-refractivity contribution in [3.05, 3.63) is 12.0 Å². The molecule has 1 aromatic rings. The topological polar surface area (TPSA) is 70.1 Å². The van der Waals surface area contributed by atoms with Gasteiger partial charge in [-0.3, -0.25) is 0 Å². The van der Waals surface area contributed by atoms with Gasteiger partial charge in [-0.15, -0.1) is 0 Å².